The molecule has 0 aliphatic carbocycles. The zero-order valence-electron chi connectivity index (χ0n) is 15.8. The smallest absolute Gasteiger partial charge is 0.146 e. The SMILES string of the molecule is Cc1[nH]cnc1C1CCN(c2cccc3cnc(-c4ccc(Cl)cc4)n23)CC1. The topological polar surface area (TPSA) is 49.2 Å². The number of piperidine rings is 1. The molecule has 142 valence electrons. The maximum Gasteiger partial charge on any atom is 0.146 e. The monoisotopic (exact) mass is 391 g/mol. The van der Waals surface area contributed by atoms with Gasteiger partial charge >= 0.3 is 0 Å². The molecule has 4 aromatic rings. The first-order valence-electron chi connectivity index (χ1n) is 9.68. The van der Waals surface area contributed by atoms with Gasteiger partial charge in [-0.1, -0.05) is 17.7 Å². The summed E-state index contributed by atoms with van der Waals surface area (Å²) in [6, 6.07) is 14.3. The van der Waals surface area contributed by atoms with Gasteiger partial charge in [0.2, 0.25) is 0 Å². The number of H-pyrrole nitrogens is 1. The van der Waals surface area contributed by atoms with E-state index in [-0.39, 0.29) is 0 Å². The standard InChI is InChI=1S/C22H22ClN5/c1-15-21(26-14-25-15)16-9-11-27(12-10-16)20-4-2-3-19-13-24-22(28(19)20)17-5-7-18(23)8-6-17/h2-8,13-14,16H,9-12H2,1H3,(H,25,26). The van der Waals surface area contributed by atoms with Crippen LogP contribution < -0.4 is 4.90 Å². The molecule has 0 saturated carbocycles. The van der Waals surface area contributed by atoms with Gasteiger partial charge in [-0.2, -0.15) is 0 Å². The van der Waals surface area contributed by atoms with Crippen LogP contribution in [-0.4, -0.2) is 32.4 Å². The van der Waals surface area contributed by atoms with Gasteiger partial charge in [0.1, 0.15) is 11.6 Å². The average molecular weight is 392 g/mol. The van der Waals surface area contributed by atoms with E-state index < -0.39 is 0 Å². The number of anilines is 1. The number of hydrogen-bond acceptors (Lipinski definition) is 3. The number of aryl methyl sites for hydroxylation is 1. The van der Waals surface area contributed by atoms with E-state index in [9.17, 15) is 0 Å². The number of aromatic amines is 1. The molecule has 1 aromatic carbocycles. The second kappa shape index (κ2) is 6.99. The fourth-order valence-corrected chi connectivity index (χ4v) is 4.37. The Bertz CT molecular complexity index is 1100. The summed E-state index contributed by atoms with van der Waals surface area (Å²) in [6.45, 7) is 4.13. The average Bonchev–Trinajstić information content (AvgIpc) is 3.35. The van der Waals surface area contributed by atoms with Gasteiger partial charge in [-0.05, 0) is 56.2 Å². The first-order chi connectivity index (χ1) is 13.7. The zero-order valence-corrected chi connectivity index (χ0v) is 16.5. The third kappa shape index (κ3) is 2.96. The van der Waals surface area contributed by atoms with Crippen LogP contribution in [0.1, 0.15) is 30.1 Å². The number of nitrogens with one attached hydrogen (secondary N) is 1. The fraction of sp³-hybridized carbons (Fsp3) is 0.273. The molecule has 0 bridgehead atoms. The van der Waals surface area contributed by atoms with Gasteiger partial charge in [0, 0.05) is 35.3 Å². The summed E-state index contributed by atoms with van der Waals surface area (Å²) in [5.41, 5.74) is 4.59. The molecule has 4 heterocycles. The quantitative estimate of drug-likeness (QED) is 0.530. The zero-order chi connectivity index (χ0) is 19.1. The van der Waals surface area contributed by atoms with Crippen molar-refractivity contribution in [3.63, 3.8) is 0 Å². The Labute approximate surface area is 169 Å². The normalized spacial score (nSPS) is 15.4. The minimum Gasteiger partial charge on any atom is -0.358 e. The van der Waals surface area contributed by atoms with Crippen LogP contribution in [0.4, 0.5) is 5.82 Å². The second-order valence-corrected chi connectivity index (χ2v) is 7.84. The number of fused-ring (bicyclic) bond motifs is 1. The molecule has 28 heavy (non-hydrogen) atoms. The van der Waals surface area contributed by atoms with Crippen LogP contribution in [0.5, 0.6) is 0 Å². The van der Waals surface area contributed by atoms with Crippen molar-refractivity contribution in [3.05, 3.63) is 71.4 Å². The molecule has 0 spiro atoms. The Morgan fingerprint density at radius 2 is 1.82 bits per heavy atom. The minimum absolute atomic E-state index is 0.528. The van der Waals surface area contributed by atoms with Gasteiger partial charge in [0.25, 0.3) is 0 Å². The van der Waals surface area contributed by atoms with Crippen LogP contribution in [0.15, 0.2) is 55.0 Å². The van der Waals surface area contributed by atoms with Gasteiger partial charge in [-0.15, -0.1) is 0 Å². The van der Waals surface area contributed by atoms with Crippen molar-refractivity contribution < 1.29 is 0 Å². The molecule has 1 N–H and O–H groups in total. The van der Waals surface area contributed by atoms with Crippen molar-refractivity contribution >= 4 is 22.9 Å². The molecule has 5 rings (SSSR count). The number of hydrogen-bond donors (Lipinski definition) is 1. The molecule has 0 amide bonds. The summed E-state index contributed by atoms with van der Waals surface area (Å²) in [5.74, 6) is 2.67. The molecule has 0 atom stereocenters. The molecular formula is C22H22ClN5. The maximum atomic E-state index is 6.07. The van der Waals surface area contributed by atoms with E-state index in [0.29, 0.717) is 5.92 Å². The summed E-state index contributed by atoms with van der Waals surface area (Å²) in [7, 11) is 0. The summed E-state index contributed by atoms with van der Waals surface area (Å²) in [4.78, 5) is 14.9. The highest BCUT2D eigenvalue weighted by molar-refractivity contribution is 6.30. The van der Waals surface area contributed by atoms with Crippen molar-refractivity contribution in [2.24, 2.45) is 0 Å². The van der Waals surface area contributed by atoms with Crippen LogP contribution in [0.25, 0.3) is 16.9 Å². The predicted octanol–water partition coefficient (Wildman–Crippen LogP) is 5.07. The Morgan fingerprint density at radius 3 is 2.54 bits per heavy atom. The van der Waals surface area contributed by atoms with Crippen LogP contribution in [0, 0.1) is 6.92 Å². The van der Waals surface area contributed by atoms with E-state index in [2.05, 4.69) is 44.4 Å². The van der Waals surface area contributed by atoms with E-state index in [1.807, 2.05) is 36.8 Å². The van der Waals surface area contributed by atoms with Gasteiger partial charge in [-0.3, -0.25) is 4.40 Å². The third-order valence-corrected chi connectivity index (χ3v) is 5.96. The fourth-order valence-electron chi connectivity index (χ4n) is 4.24. The van der Waals surface area contributed by atoms with Gasteiger partial charge in [0.15, 0.2) is 0 Å². The minimum atomic E-state index is 0.528. The van der Waals surface area contributed by atoms with E-state index in [4.69, 9.17) is 16.6 Å². The highest BCUT2D eigenvalue weighted by Gasteiger charge is 2.25. The molecule has 3 aromatic heterocycles. The molecule has 1 fully saturated rings. The summed E-state index contributed by atoms with van der Waals surface area (Å²) < 4.78 is 2.25. The number of nitrogens with zero attached hydrogens (tertiary/aromatic N) is 4. The summed E-state index contributed by atoms with van der Waals surface area (Å²) in [5, 5.41) is 0.737. The highest BCUT2D eigenvalue weighted by atomic mass is 35.5. The largest absolute Gasteiger partial charge is 0.358 e. The van der Waals surface area contributed by atoms with Crippen LogP contribution >= 0.6 is 11.6 Å². The van der Waals surface area contributed by atoms with Gasteiger partial charge in [-0.25, -0.2) is 9.97 Å². The first kappa shape index (κ1) is 17.3. The summed E-state index contributed by atoms with van der Waals surface area (Å²) in [6.07, 6.45) is 5.95. The summed E-state index contributed by atoms with van der Waals surface area (Å²) >= 11 is 6.07. The number of aromatic nitrogens is 4. The Kier molecular flexibility index (Phi) is 4.32. The number of halogens is 1. The number of imidazole rings is 2. The third-order valence-electron chi connectivity index (χ3n) is 5.71. The maximum absolute atomic E-state index is 6.07. The molecular weight excluding hydrogens is 370 g/mol. The van der Waals surface area contributed by atoms with Crippen molar-refractivity contribution in [1.82, 2.24) is 19.4 Å². The Morgan fingerprint density at radius 1 is 1.04 bits per heavy atom. The highest BCUT2D eigenvalue weighted by Crippen LogP contribution is 2.33. The lowest BCUT2D eigenvalue weighted by atomic mass is 9.92. The van der Waals surface area contributed by atoms with Crippen molar-refractivity contribution in [2.45, 2.75) is 25.7 Å². The van der Waals surface area contributed by atoms with E-state index >= 15 is 0 Å². The molecule has 1 aliphatic rings. The number of rotatable bonds is 3. The van der Waals surface area contributed by atoms with Crippen LogP contribution in [-0.2, 0) is 0 Å². The predicted molar refractivity (Wildman–Crippen MR) is 113 cm³/mol. The lowest BCUT2D eigenvalue weighted by Gasteiger charge is -2.33. The van der Waals surface area contributed by atoms with Gasteiger partial charge < -0.3 is 9.88 Å². The number of benzene rings is 1. The van der Waals surface area contributed by atoms with Crippen molar-refractivity contribution in [2.75, 3.05) is 18.0 Å². The Balaban J connectivity index is 1.47. The molecule has 6 heteroatoms. The second-order valence-electron chi connectivity index (χ2n) is 7.41. The molecule has 1 aliphatic heterocycles. The number of pyridine rings is 1. The van der Waals surface area contributed by atoms with Crippen molar-refractivity contribution in [1.29, 1.82) is 0 Å². The lowest BCUT2D eigenvalue weighted by molar-refractivity contribution is 0.492. The van der Waals surface area contributed by atoms with Gasteiger partial charge in [0.05, 0.1) is 23.7 Å². The molecule has 5 nitrogen and oxygen atoms in total. The van der Waals surface area contributed by atoms with Crippen LogP contribution in [0.3, 0.4) is 0 Å². The van der Waals surface area contributed by atoms with E-state index in [1.54, 1.807) is 0 Å². The Hall–Kier alpha value is -2.79. The van der Waals surface area contributed by atoms with Crippen LogP contribution in [0.2, 0.25) is 5.02 Å². The lowest BCUT2D eigenvalue weighted by Crippen LogP contribution is -2.34. The van der Waals surface area contributed by atoms with Crippen molar-refractivity contribution in [3.8, 4) is 11.4 Å². The molecule has 0 unspecified atom stereocenters. The van der Waals surface area contributed by atoms with E-state index in [0.717, 1.165) is 47.9 Å². The molecule has 0 radical (unpaired) electrons. The van der Waals surface area contributed by atoms with E-state index in [1.165, 1.54) is 17.2 Å². The molecule has 1 saturated heterocycles. The first-order valence-corrected chi connectivity index (χ1v) is 10.1.